The van der Waals surface area contributed by atoms with Gasteiger partial charge in [0.1, 0.15) is 5.69 Å². The van der Waals surface area contributed by atoms with Crippen molar-refractivity contribution in [2.75, 3.05) is 24.5 Å². The smallest absolute Gasteiger partial charge is 0.270 e. The van der Waals surface area contributed by atoms with Gasteiger partial charge in [0.25, 0.3) is 5.91 Å². The van der Waals surface area contributed by atoms with E-state index in [1.54, 1.807) is 12.3 Å². The minimum atomic E-state index is -0.118. The molecule has 1 heterocycles. The second-order valence-corrected chi connectivity index (χ2v) is 5.53. The predicted octanol–water partition coefficient (Wildman–Crippen LogP) is 2.94. The van der Waals surface area contributed by atoms with Crippen molar-refractivity contribution in [3.05, 3.63) is 29.6 Å². The highest BCUT2D eigenvalue weighted by Crippen LogP contribution is 2.19. The number of nitrogens with zero attached hydrogens (tertiary/aromatic N) is 3. The molecule has 120 valence electrons. The maximum absolute atomic E-state index is 12.2. The Morgan fingerprint density at radius 2 is 2.14 bits per heavy atom. The van der Waals surface area contributed by atoms with Gasteiger partial charge in [-0.2, -0.15) is 0 Å². The summed E-state index contributed by atoms with van der Waals surface area (Å²) in [7, 11) is 0. The minimum Gasteiger partial charge on any atom is -0.350 e. The van der Waals surface area contributed by atoms with Gasteiger partial charge in [-0.3, -0.25) is 4.79 Å². The summed E-state index contributed by atoms with van der Waals surface area (Å²) >= 11 is 0. The fourth-order valence-corrected chi connectivity index (χ4v) is 2.69. The first-order valence-electron chi connectivity index (χ1n) is 8.28. The molecule has 1 aliphatic rings. The molecule has 0 atom stereocenters. The SMILES string of the molecule is CCN(CC)c1nccc(C(=O)NCCC2=CCCCC2)n1. The van der Waals surface area contributed by atoms with Crippen LogP contribution in [0.1, 0.15) is 56.4 Å². The van der Waals surface area contributed by atoms with E-state index < -0.39 is 0 Å². The van der Waals surface area contributed by atoms with Crippen LogP contribution in [-0.4, -0.2) is 35.5 Å². The van der Waals surface area contributed by atoms with E-state index in [2.05, 4.69) is 35.2 Å². The van der Waals surface area contributed by atoms with Gasteiger partial charge in [0.05, 0.1) is 0 Å². The first-order valence-corrected chi connectivity index (χ1v) is 8.28. The molecular weight excluding hydrogens is 276 g/mol. The first kappa shape index (κ1) is 16.5. The second kappa shape index (κ2) is 8.51. The normalized spacial score (nSPS) is 14.4. The molecule has 1 aromatic heterocycles. The lowest BCUT2D eigenvalue weighted by Crippen LogP contribution is -2.28. The number of amides is 1. The molecule has 5 nitrogen and oxygen atoms in total. The zero-order chi connectivity index (χ0) is 15.8. The van der Waals surface area contributed by atoms with Crippen LogP contribution < -0.4 is 10.2 Å². The summed E-state index contributed by atoms with van der Waals surface area (Å²) in [4.78, 5) is 22.8. The monoisotopic (exact) mass is 302 g/mol. The van der Waals surface area contributed by atoms with Crippen LogP contribution >= 0.6 is 0 Å². The zero-order valence-electron chi connectivity index (χ0n) is 13.6. The van der Waals surface area contributed by atoms with Gasteiger partial charge in [-0.1, -0.05) is 11.6 Å². The fraction of sp³-hybridized carbons (Fsp3) is 0.588. The standard InChI is InChI=1S/C17H26N4O/c1-3-21(4-2)17-19-13-11-15(20-17)16(22)18-12-10-14-8-6-5-7-9-14/h8,11,13H,3-7,9-10,12H2,1-2H3,(H,18,22). The van der Waals surface area contributed by atoms with E-state index in [0.29, 0.717) is 18.2 Å². The molecule has 0 fully saturated rings. The molecule has 0 aliphatic heterocycles. The van der Waals surface area contributed by atoms with Gasteiger partial charge in [-0.15, -0.1) is 0 Å². The van der Waals surface area contributed by atoms with E-state index in [9.17, 15) is 4.79 Å². The van der Waals surface area contributed by atoms with Crippen molar-refractivity contribution in [3.63, 3.8) is 0 Å². The molecule has 0 aromatic carbocycles. The molecule has 0 saturated carbocycles. The Hall–Kier alpha value is -1.91. The quantitative estimate of drug-likeness (QED) is 0.787. The molecule has 1 aliphatic carbocycles. The van der Waals surface area contributed by atoms with Crippen LogP contribution in [0.25, 0.3) is 0 Å². The Morgan fingerprint density at radius 1 is 1.32 bits per heavy atom. The van der Waals surface area contributed by atoms with Crippen molar-refractivity contribution in [1.82, 2.24) is 15.3 Å². The van der Waals surface area contributed by atoms with Crippen LogP contribution in [0.2, 0.25) is 0 Å². The number of carbonyl (C=O) groups is 1. The molecule has 0 spiro atoms. The van der Waals surface area contributed by atoms with Gasteiger partial charge >= 0.3 is 0 Å². The lowest BCUT2D eigenvalue weighted by Gasteiger charge is -2.18. The molecule has 1 amide bonds. The summed E-state index contributed by atoms with van der Waals surface area (Å²) in [5.41, 5.74) is 1.91. The summed E-state index contributed by atoms with van der Waals surface area (Å²) in [6, 6.07) is 1.67. The Kier molecular flexibility index (Phi) is 6.37. The Labute approximate surface area is 132 Å². The number of anilines is 1. The Morgan fingerprint density at radius 3 is 2.82 bits per heavy atom. The highest BCUT2D eigenvalue weighted by Gasteiger charge is 2.11. The van der Waals surface area contributed by atoms with E-state index in [1.165, 1.54) is 31.3 Å². The van der Waals surface area contributed by atoms with Crippen LogP contribution in [0.3, 0.4) is 0 Å². The van der Waals surface area contributed by atoms with Crippen molar-refractivity contribution >= 4 is 11.9 Å². The first-order chi connectivity index (χ1) is 10.7. The number of carbonyl (C=O) groups excluding carboxylic acids is 1. The van der Waals surface area contributed by atoms with E-state index >= 15 is 0 Å². The third kappa shape index (κ3) is 4.55. The number of hydrogen-bond acceptors (Lipinski definition) is 4. The van der Waals surface area contributed by atoms with Crippen molar-refractivity contribution in [2.45, 2.75) is 46.0 Å². The highest BCUT2D eigenvalue weighted by molar-refractivity contribution is 5.92. The molecule has 5 heteroatoms. The Balaban J connectivity index is 1.89. The average Bonchev–Trinajstić information content (AvgIpc) is 2.57. The van der Waals surface area contributed by atoms with E-state index in [4.69, 9.17) is 0 Å². The van der Waals surface area contributed by atoms with Gasteiger partial charge in [-0.05, 0) is 52.0 Å². The van der Waals surface area contributed by atoms with E-state index in [1.807, 2.05) is 4.90 Å². The van der Waals surface area contributed by atoms with Crippen LogP contribution in [0.4, 0.5) is 5.95 Å². The van der Waals surface area contributed by atoms with Gasteiger partial charge in [0, 0.05) is 25.8 Å². The summed E-state index contributed by atoms with van der Waals surface area (Å²) < 4.78 is 0. The van der Waals surface area contributed by atoms with Crippen molar-refractivity contribution in [3.8, 4) is 0 Å². The van der Waals surface area contributed by atoms with E-state index in [-0.39, 0.29) is 5.91 Å². The molecule has 0 bridgehead atoms. The molecule has 1 aromatic rings. The number of rotatable bonds is 7. The van der Waals surface area contributed by atoms with Crippen molar-refractivity contribution < 1.29 is 4.79 Å². The minimum absolute atomic E-state index is 0.118. The third-order valence-electron chi connectivity index (χ3n) is 4.04. The molecular formula is C17H26N4O. The van der Waals surface area contributed by atoms with Crippen LogP contribution in [0.5, 0.6) is 0 Å². The maximum atomic E-state index is 12.2. The molecule has 22 heavy (non-hydrogen) atoms. The number of hydrogen-bond donors (Lipinski definition) is 1. The van der Waals surface area contributed by atoms with Crippen molar-refractivity contribution in [2.24, 2.45) is 0 Å². The highest BCUT2D eigenvalue weighted by atomic mass is 16.1. The third-order valence-corrected chi connectivity index (χ3v) is 4.04. The number of aromatic nitrogens is 2. The van der Waals surface area contributed by atoms with Crippen LogP contribution in [0.15, 0.2) is 23.9 Å². The largest absolute Gasteiger partial charge is 0.350 e. The lowest BCUT2D eigenvalue weighted by molar-refractivity contribution is 0.0949. The Bertz CT molecular complexity index is 523. The van der Waals surface area contributed by atoms with Crippen molar-refractivity contribution in [1.29, 1.82) is 0 Å². The summed E-state index contributed by atoms with van der Waals surface area (Å²) in [6.45, 7) is 6.44. The summed E-state index contributed by atoms with van der Waals surface area (Å²) in [5, 5.41) is 2.96. The molecule has 0 radical (unpaired) electrons. The topological polar surface area (TPSA) is 58.1 Å². The molecule has 2 rings (SSSR count). The summed E-state index contributed by atoms with van der Waals surface area (Å²) in [6.07, 6.45) is 9.85. The summed E-state index contributed by atoms with van der Waals surface area (Å²) in [5.74, 6) is 0.500. The van der Waals surface area contributed by atoms with Crippen LogP contribution in [-0.2, 0) is 0 Å². The van der Waals surface area contributed by atoms with Gasteiger partial charge in [0.2, 0.25) is 5.95 Å². The predicted molar refractivity (Wildman–Crippen MR) is 89.1 cm³/mol. The van der Waals surface area contributed by atoms with Gasteiger partial charge < -0.3 is 10.2 Å². The second-order valence-electron chi connectivity index (χ2n) is 5.53. The average molecular weight is 302 g/mol. The fourth-order valence-electron chi connectivity index (χ4n) is 2.69. The van der Waals surface area contributed by atoms with Gasteiger partial charge in [-0.25, -0.2) is 9.97 Å². The molecule has 1 N–H and O–H groups in total. The van der Waals surface area contributed by atoms with E-state index in [0.717, 1.165) is 19.5 Å². The zero-order valence-corrected chi connectivity index (χ0v) is 13.6. The number of nitrogens with one attached hydrogen (secondary N) is 1. The maximum Gasteiger partial charge on any atom is 0.270 e. The molecule has 0 saturated heterocycles. The number of allylic oxidation sites excluding steroid dienone is 1. The lowest BCUT2D eigenvalue weighted by atomic mass is 9.97. The molecule has 0 unspecified atom stereocenters. The van der Waals surface area contributed by atoms with Crippen LogP contribution in [0, 0.1) is 0 Å². The van der Waals surface area contributed by atoms with Gasteiger partial charge in [0.15, 0.2) is 0 Å².